The van der Waals surface area contributed by atoms with Crippen LogP contribution in [-0.4, -0.2) is 0 Å². The quantitative estimate of drug-likeness (QED) is 0.113. The van der Waals surface area contributed by atoms with Crippen LogP contribution in [0, 0.1) is 13.8 Å². The highest BCUT2D eigenvalue weighted by Gasteiger charge is 2.15. The first-order valence-corrected chi connectivity index (χ1v) is 22.6. The van der Waals surface area contributed by atoms with E-state index < -0.39 is 0 Å². The van der Waals surface area contributed by atoms with Crippen LogP contribution in [0.2, 0.25) is 0 Å². The van der Waals surface area contributed by atoms with Crippen LogP contribution < -0.4 is 9.80 Å². The lowest BCUT2D eigenvalue weighted by Gasteiger charge is -2.26. The number of hydrogen-bond donors (Lipinski definition) is 0. The summed E-state index contributed by atoms with van der Waals surface area (Å²) < 4.78 is 0. The molecule has 0 aromatic heterocycles. The van der Waals surface area contributed by atoms with Crippen molar-refractivity contribution in [2.45, 2.75) is 13.8 Å². The monoisotopic (exact) mass is 846 g/mol. The van der Waals surface area contributed by atoms with E-state index in [9.17, 15) is 0 Å². The Morgan fingerprint density at radius 1 is 0.227 bits per heavy atom. The van der Waals surface area contributed by atoms with Crippen LogP contribution in [0.15, 0.2) is 255 Å². The summed E-state index contributed by atoms with van der Waals surface area (Å²) in [5, 5.41) is 0. The summed E-state index contributed by atoms with van der Waals surface area (Å²) in [6.07, 6.45) is 4.37. The molecule has 0 saturated heterocycles. The molecule has 10 rings (SSSR count). The first-order valence-electron chi connectivity index (χ1n) is 22.6. The Hall–Kier alpha value is -8.46. The molecule has 0 fully saturated rings. The van der Waals surface area contributed by atoms with E-state index in [-0.39, 0.29) is 0 Å². The number of aryl methyl sites for hydroxylation is 2. The van der Waals surface area contributed by atoms with Crippen molar-refractivity contribution in [3.8, 4) is 44.5 Å². The predicted octanol–water partition coefficient (Wildman–Crippen LogP) is 18.1. The van der Waals surface area contributed by atoms with Gasteiger partial charge in [-0.2, -0.15) is 0 Å². The molecule has 2 heteroatoms. The largest absolute Gasteiger partial charge is 0.310 e. The van der Waals surface area contributed by atoms with Crippen molar-refractivity contribution < 1.29 is 0 Å². The SMILES string of the molecule is Cc1cccc(N(c2ccc(-c3ccccc3)cc2)c2ccc(-c3ccc(/C=C/c4ccc(-c5ccc(N(c6ccc(-c7ccccc7)cc6)c6cccc(C)c6)cc5)cc4)cc3)cc2)c1. The molecule has 0 amide bonds. The maximum Gasteiger partial charge on any atom is 0.0464 e. The molecule has 10 aromatic rings. The third kappa shape index (κ3) is 9.40. The van der Waals surface area contributed by atoms with Crippen molar-refractivity contribution in [1.29, 1.82) is 0 Å². The Bertz CT molecular complexity index is 2970. The van der Waals surface area contributed by atoms with Crippen LogP contribution in [0.5, 0.6) is 0 Å². The average Bonchev–Trinajstić information content (AvgIpc) is 3.38. The molecule has 0 saturated carbocycles. The molecule has 10 aromatic carbocycles. The van der Waals surface area contributed by atoms with E-state index in [1.165, 1.54) is 55.6 Å². The van der Waals surface area contributed by atoms with Gasteiger partial charge < -0.3 is 9.80 Å². The Kier molecular flexibility index (Phi) is 12.0. The molecule has 2 nitrogen and oxygen atoms in total. The molecule has 0 N–H and O–H groups in total. The third-order valence-electron chi connectivity index (χ3n) is 12.2. The lowest BCUT2D eigenvalue weighted by molar-refractivity contribution is 1.27. The van der Waals surface area contributed by atoms with Crippen LogP contribution in [0.3, 0.4) is 0 Å². The molecular formula is C64H50N2. The van der Waals surface area contributed by atoms with Gasteiger partial charge in [0.1, 0.15) is 0 Å². The van der Waals surface area contributed by atoms with Crippen molar-refractivity contribution in [3.63, 3.8) is 0 Å². The van der Waals surface area contributed by atoms with Gasteiger partial charge in [0.25, 0.3) is 0 Å². The van der Waals surface area contributed by atoms with Gasteiger partial charge in [-0.1, -0.05) is 194 Å². The fourth-order valence-corrected chi connectivity index (χ4v) is 8.67. The predicted molar refractivity (Wildman–Crippen MR) is 282 cm³/mol. The van der Waals surface area contributed by atoms with Crippen LogP contribution in [0.4, 0.5) is 34.1 Å². The number of benzene rings is 10. The van der Waals surface area contributed by atoms with Gasteiger partial charge in [-0.25, -0.2) is 0 Å². The van der Waals surface area contributed by atoms with Gasteiger partial charge >= 0.3 is 0 Å². The lowest BCUT2D eigenvalue weighted by Crippen LogP contribution is -2.10. The van der Waals surface area contributed by atoms with E-state index in [1.54, 1.807) is 0 Å². The minimum absolute atomic E-state index is 1.12. The lowest BCUT2D eigenvalue weighted by atomic mass is 10.0. The second kappa shape index (κ2) is 19.1. The maximum absolute atomic E-state index is 2.33. The Balaban J connectivity index is 0.816. The molecule has 0 atom stereocenters. The first-order chi connectivity index (χ1) is 32.5. The van der Waals surface area contributed by atoms with Crippen molar-refractivity contribution in [3.05, 3.63) is 277 Å². The van der Waals surface area contributed by atoms with Crippen LogP contribution in [0.25, 0.3) is 56.7 Å². The zero-order valence-electron chi connectivity index (χ0n) is 37.3. The van der Waals surface area contributed by atoms with Gasteiger partial charge in [0.15, 0.2) is 0 Å². The average molecular weight is 847 g/mol. The van der Waals surface area contributed by atoms with Crippen molar-refractivity contribution in [2.24, 2.45) is 0 Å². The molecule has 316 valence electrons. The van der Waals surface area contributed by atoms with Crippen molar-refractivity contribution in [2.75, 3.05) is 9.80 Å². The zero-order valence-corrected chi connectivity index (χ0v) is 37.3. The molecule has 0 heterocycles. The number of nitrogens with zero attached hydrogens (tertiary/aromatic N) is 2. The summed E-state index contributed by atoms with van der Waals surface area (Å²) in [5.74, 6) is 0. The summed E-state index contributed by atoms with van der Waals surface area (Å²) in [6.45, 7) is 4.29. The highest BCUT2D eigenvalue weighted by Crippen LogP contribution is 2.39. The Morgan fingerprint density at radius 3 is 0.758 bits per heavy atom. The Morgan fingerprint density at radius 2 is 0.485 bits per heavy atom. The van der Waals surface area contributed by atoms with E-state index in [1.807, 2.05) is 0 Å². The molecule has 0 aliphatic carbocycles. The van der Waals surface area contributed by atoms with E-state index in [2.05, 4.69) is 291 Å². The van der Waals surface area contributed by atoms with Crippen molar-refractivity contribution in [1.82, 2.24) is 0 Å². The molecule has 66 heavy (non-hydrogen) atoms. The molecule has 0 unspecified atom stereocenters. The molecule has 0 bridgehead atoms. The normalized spacial score (nSPS) is 11.1. The van der Waals surface area contributed by atoms with Gasteiger partial charge in [0.2, 0.25) is 0 Å². The van der Waals surface area contributed by atoms with Crippen LogP contribution in [0.1, 0.15) is 22.3 Å². The second-order valence-electron chi connectivity index (χ2n) is 16.8. The summed E-state index contributed by atoms with van der Waals surface area (Å²) in [6, 6.07) is 91.6. The smallest absolute Gasteiger partial charge is 0.0464 e. The zero-order chi connectivity index (χ0) is 44.7. The summed E-state index contributed by atoms with van der Waals surface area (Å²) in [7, 11) is 0. The topological polar surface area (TPSA) is 6.48 Å². The molecule has 0 aliphatic heterocycles. The van der Waals surface area contributed by atoms with Gasteiger partial charge in [0, 0.05) is 34.1 Å². The molecular weight excluding hydrogens is 797 g/mol. The third-order valence-corrected chi connectivity index (χ3v) is 12.2. The fourth-order valence-electron chi connectivity index (χ4n) is 8.67. The minimum atomic E-state index is 1.12. The van der Waals surface area contributed by atoms with E-state index in [4.69, 9.17) is 0 Å². The van der Waals surface area contributed by atoms with Crippen LogP contribution >= 0.6 is 0 Å². The molecule has 0 radical (unpaired) electrons. The second-order valence-corrected chi connectivity index (χ2v) is 16.8. The van der Waals surface area contributed by atoms with E-state index in [0.717, 1.165) is 45.3 Å². The molecule has 0 spiro atoms. The van der Waals surface area contributed by atoms with Gasteiger partial charge in [-0.3, -0.25) is 0 Å². The standard InChI is InChI=1S/C64H50N2/c1-47-11-9-17-63(45-47)65(59-37-29-55(30-38-59)51-13-5-3-6-14-51)61-41-33-57(34-42-61)53-25-21-49(22-26-53)19-20-50-23-27-54(28-24-50)58-35-43-62(44-36-58)66(64-18-10-12-48(2)46-64)60-39-31-56(32-40-60)52-15-7-4-8-16-52/h3-46H,1-2H3/b20-19+. The van der Waals surface area contributed by atoms with E-state index >= 15 is 0 Å². The highest BCUT2D eigenvalue weighted by molar-refractivity contribution is 5.82. The number of anilines is 6. The van der Waals surface area contributed by atoms with Crippen molar-refractivity contribution >= 4 is 46.3 Å². The fraction of sp³-hybridized carbons (Fsp3) is 0.0312. The van der Waals surface area contributed by atoms with Gasteiger partial charge in [0.05, 0.1) is 0 Å². The van der Waals surface area contributed by atoms with Gasteiger partial charge in [-0.05, 0) is 153 Å². The first kappa shape index (κ1) is 41.5. The minimum Gasteiger partial charge on any atom is -0.310 e. The van der Waals surface area contributed by atoms with Crippen LogP contribution in [-0.2, 0) is 0 Å². The Labute approximate surface area is 389 Å². The summed E-state index contributed by atoms with van der Waals surface area (Å²) >= 11 is 0. The maximum atomic E-state index is 2.33. The summed E-state index contributed by atoms with van der Waals surface area (Å²) in [5.41, 5.74) is 21.1. The summed E-state index contributed by atoms with van der Waals surface area (Å²) in [4.78, 5) is 4.66. The van der Waals surface area contributed by atoms with Gasteiger partial charge in [-0.15, -0.1) is 0 Å². The number of hydrogen-bond acceptors (Lipinski definition) is 2. The number of rotatable bonds is 12. The van der Waals surface area contributed by atoms with E-state index in [0.29, 0.717) is 0 Å². The highest BCUT2D eigenvalue weighted by atomic mass is 15.1. The molecule has 0 aliphatic rings.